The normalized spacial score (nSPS) is 17.8. The molecule has 2 N–H and O–H groups in total. The Bertz CT molecular complexity index is 675. The van der Waals surface area contributed by atoms with Crippen molar-refractivity contribution in [2.24, 2.45) is 0 Å². The molecule has 2 rings (SSSR count). The van der Waals surface area contributed by atoms with Crippen molar-refractivity contribution >= 4 is 23.3 Å². The van der Waals surface area contributed by atoms with Crippen molar-refractivity contribution < 1.29 is 14.3 Å². The summed E-state index contributed by atoms with van der Waals surface area (Å²) >= 11 is 5.26. The van der Waals surface area contributed by atoms with Crippen molar-refractivity contribution in [3.63, 3.8) is 0 Å². The number of ether oxygens (including phenoxy) is 2. The Morgan fingerprint density at radius 3 is 2.40 bits per heavy atom. The summed E-state index contributed by atoms with van der Waals surface area (Å²) in [4.78, 5) is 12.5. The van der Waals surface area contributed by atoms with Gasteiger partial charge in [0.25, 0.3) is 0 Å². The molecule has 1 aromatic rings. The van der Waals surface area contributed by atoms with Crippen molar-refractivity contribution in [1.29, 1.82) is 0 Å². The predicted octanol–water partition coefficient (Wildman–Crippen LogP) is 2.97. The van der Waals surface area contributed by atoms with Gasteiger partial charge in [0.05, 0.1) is 18.2 Å². The van der Waals surface area contributed by atoms with Gasteiger partial charge < -0.3 is 20.1 Å². The fourth-order valence-corrected chi connectivity index (χ4v) is 2.96. The standard InChI is InChI=1S/C19H26N2O3S/c1-12-15(17(22)24-11-10-23-5)16(21-18(25)20-12)13-6-8-14(9-7-13)19(2,3)4/h6-9,16H,10-11H2,1-5H3,(H2,20,21,25)/t16-/m1/s1. The summed E-state index contributed by atoms with van der Waals surface area (Å²) in [6.07, 6.45) is 0. The maximum atomic E-state index is 12.5. The van der Waals surface area contributed by atoms with Crippen LogP contribution in [-0.4, -0.2) is 31.4 Å². The molecule has 1 heterocycles. The number of carbonyl (C=O) groups is 1. The van der Waals surface area contributed by atoms with Gasteiger partial charge in [-0.25, -0.2) is 4.79 Å². The molecule has 25 heavy (non-hydrogen) atoms. The van der Waals surface area contributed by atoms with Crippen LogP contribution in [0, 0.1) is 0 Å². The SMILES string of the molecule is COCCOC(=O)C1=C(C)NC(=S)N[C@@H]1c1ccc(C(C)(C)C)cc1. The van der Waals surface area contributed by atoms with Crippen LogP contribution in [0.15, 0.2) is 35.5 Å². The molecule has 6 heteroatoms. The molecule has 0 radical (unpaired) electrons. The quantitative estimate of drug-likeness (QED) is 0.477. The third kappa shape index (κ3) is 4.80. The van der Waals surface area contributed by atoms with Crippen LogP contribution in [0.1, 0.15) is 44.9 Å². The number of allylic oxidation sites excluding steroid dienone is 1. The smallest absolute Gasteiger partial charge is 0.338 e. The van der Waals surface area contributed by atoms with E-state index in [1.165, 1.54) is 5.56 Å². The highest BCUT2D eigenvalue weighted by Crippen LogP contribution is 2.30. The maximum absolute atomic E-state index is 12.5. The van der Waals surface area contributed by atoms with E-state index < -0.39 is 0 Å². The molecule has 0 unspecified atom stereocenters. The van der Waals surface area contributed by atoms with Crippen LogP contribution in [0.25, 0.3) is 0 Å². The second-order valence-corrected chi connectivity index (χ2v) is 7.48. The highest BCUT2D eigenvalue weighted by atomic mass is 32.1. The first-order chi connectivity index (χ1) is 11.7. The number of hydrogen-bond acceptors (Lipinski definition) is 4. The van der Waals surface area contributed by atoms with Crippen LogP contribution in [0.5, 0.6) is 0 Å². The lowest BCUT2D eigenvalue weighted by atomic mass is 9.85. The number of hydrogen-bond donors (Lipinski definition) is 2. The monoisotopic (exact) mass is 362 g/mol. The van der Waals surface area contributed by atoms with Gasteiger partial charge in [-0.05, 0) is 35.7 Å². The van der Waals surface area contributed by atoms with Crippen LogP contribution in [0.4, 0.5) is 0 Å². The Morgan fingerprint density at radius 1 is 1.20 bits per heavy atom. The minimum Gasteiger partial charge on any atom is -0.460 e. The van der Waals surface area contributed by atoms with Gasteiger partial charge in [0.2, 0.25) is 0 Å². The van der Waals surface area contributed by atoms with Gasteiger partial charge in [-0.3, -0.25) is 0 Å². The molecule has 0 amide bonds. The summed E-state index contributed by atoms with van der Waals surface area (Å²) in [6, 6.07) is 7.90. The molecule has 0 saturated carbocycles. The molecule has 0 bridgehead atoms. The molecular weight excluding hydrogens is 336 g/mol. The van der Waals surface area contributed by atoms with Gasteiger partial charge in [-0.15, -0.1) is 0 Å². The lowest BCUT2D eigenvalue weighted by Gasteiger charge is -2.30. The molecule has 1 aliphatic heterocycles. The van der Waals surface area contributed by atoms with Crippen molar-refractivity contribution in [3.05, 3.63) is 46.7 Å². The van der Waals surface area contributed by atoms with Crippen LogP contribution in [-0.2, 0) is 19.7 Å². The second kappa shape index (κ2) is 7.97. The average molecular weight is 362 g/mol. The molecule has 0 aliphatic carbocycles. The largest absolute Gasteiger partial charge is 0.460 e. The lowest BCUT2D eigenvalue weighted by Crippen LogP contribution is -2.45. The molecule has 0 spiro atoms. The molecule has 1 aromatic carbocycles. The molecule has 1 atom stereocenters. The predicted molar refractivity (Wildman–Crippen MR) is 102 cm³/mol. The summed E-state index contributed by atoms with van der Waals surface area (Å²) < 4.78 is 10.2. The highest BCUT2D eigenvalue weighted by Gasteiger charge is 2.31. The van der Waals surface area contributed by atoms with Crippen LogP contribution in [0.3, 0.4) is 0 Å². The first kappa shape index (κ1) is 19.4. The van der Waals surface area contributed by atoms with E-state index in [0.29, 0.717) is 23.0 Å². The Kier molecular flexibility index (Phi) is 6.19. The number of benzene rings is 1. The van der Waals surface area contributed by atoms with Crippen molar-refractivity contribution in [1.82, 2.24) is 10.6 Å². The van der Waals surface area contributed by atoms with Gasteiger partial charge >= 0.3 is 5.97 Å². The zero-order valence-electron chi connectivity index (χ0n) is 15.4. The number of rotatable bonds is 5. The number of nitrogens with one attached hydrogen (secondary N) is 2. The van der Waals surface area contributed by atoms with Gasteiger partial charge in [0.15, 0.2) is 5.11 Å². The first-order valence-corrected chi connectivity index (χ1v) is 8.69. The Labute approximate surface area is 154 Å². The summed E-state index contributed by atoms with van der Waals surface area (Å²) in [5, 5.41) is 6.67. The summed E-state index contributed by atoms with van der Waals surface area (Å²) in [5.41, 5.74) is 3.51. The third-order valence-corrected chi connectivity index (χ3v) is 4.34. The van der Waals surface area contributed by atoms with Crippen LogP contribution < -0.4 is 10.6 Å². The zero-order chi connectivity index (χ0) is 18.6. The van der Waals surface area contributed by atoms with E-state index in [2.05, 4.69) is 43.5 Å². The van der Waals surface area contributed by atoms with Gasteiger partial charge in [-0.2, -0.15) is 0 Å². The van der Waals surface area contributed by atoms with Crippen molar-refractivity contribution in [2.45, 2.75) is 39.2 Å². The number of esters is 1. The summed E-state index contributed by atoms with van der Waals surface area (Å²) in [6.45, 7) is 8.92. The van der Waals surface area contributed by atoms with E-state index in [1.807, 2.05) is 19.1 Å². The van der Waals surface area contributed by atoms with Gasteiger partial charge in [0.1, 0.15) is 6.61 Å². The maximum Gasteiger partial charge on any atom is 0.338 e. The topological polar surface area (TPSA) is 59.6 Å². The van der Waals surface area contributed by atoms with E-state index in [9.17, 15) is 4.79 Å². The number of carbonyl (C=O) groups excluding carboxylic acids is 1. The van der Waals surface area contributed by atoms with E-state index in [1.54, 1.807) is 7.11 Å². The van der Waals surface area contributed by atoms with E-state index in [4.69, 9.17) is 21.7 Å². The molecular formula is C19H26N2O3S. The Hall–Kier alpha value is -1.92. The number of methoxy groups -OCH3 is 1. The summed E-state index contributed by atoms with van der Waals surface area (Å²) in [5.74, 6) is -0.373. The Morgan fingerprint density at radius 2 is 1.84 bits per heavy atom. The molecule has 5 nitrogen and oxygen atoms in total. The molecule has 136 valence electrons. The lowest BCUT2D eigenvalue weighted by molar-refractivity contribution is -0.140. The minimum atomic E-state index is -0.373. The molecule has 0 fully saturated rings. The highest BCUT2D eigenvalue weighted by molar-refractivity contribution is 7.80. The van der Waals surface area contributed by atoms with Crippen molar-refractivity contribution in [2.75, 3.05) is 20.3 Å². The Balaban J connectivity index is 2.30. The van der Waals surface area contributed by atoms with E-state index >= 15 is 0 Å². The van der Waals surface area contributed by atoms with Crippen LogP contribution >= 0.6 is 12.2 Å². The van der Waals surface area contributed by atoms with Gasteiger partial charge in [0, 0.05) is 12.8 Å². The molecule has 0 aromatic heterocycles. The minimum absolute atomic E-state index is 0.0725. The molecule has 0 saturated heterocycles. The third-order valence-electron chi connectivity index (χ3n) is 4.12. The second-order valence-electron chi connectivity index (χ2n) is 7.07. The number of thiocarbonyl (C=S) groups is 1. The van der Waals surface area contributed by atoms with Crippen molar-refractivity contribution in [3.8, 4) is 0 Å². The van der Waals surface area contributed by atoms with Crippen LogP contribution in [0.2, 0.25) is 0 Å². The van der Waals surface area contributed by atoms with Gasteiger partial charge in [-0.1, -0.05) is 45.0 Å². The summed E-state index contributed by atoms with van der Waals surface area (Å²) in [7, 11) is 1.57. The fourth-order valence-electron chi connectivity index (χ4n) is 2.69. The fraction of sp³-hybridized carbons (Fsp3) is 0.474. The average Bonchev–Trinajstić information content (AvgIpc) is 2.53. The van der Waals surface area contributed by atoms with E-state index in [0.717, 1.165) is 5.56 Å². The van der Waals surface area contributed by atoms with E-state index in [-0.39, 0.29) is 24.0 Å². The molecule has 1 aliphatic rings. The zero-order valence-corrected chi connectivity index (χ0v) is 16.3. The first-order valence-electron chi connectivity index (χ1n) is 8.29.